The summed E-state index contributed by atoms with van der Waals surface area (Å²) in [6.07, 6.45) is 1.03. The fourth-order valence-electron chi connectivity index (χ4n) is 3.31. The predicted molar refractivity (Wildman–Crippen MR) is 117 cm³/mol. The number of nitrogens with one attached hydrogen (secondary N) is 2. The van der Waals surface area contributed by atoms with Crippen LogP contribution in [0.1, 0.15) is 17.7 Å². The number of hydrogen-bond acceptors (Lipinski definition) is 6. The van der Waals surface area contributed by atoms with Gasteiger partial charge in [-0.3, -0.25) is 9.59 Å². The van der Waals surface area contributed by atoms with Crippen LogP contribution in [0.4, 0.5) is 11.5 Å². The van der Waals surface area contributed by atoms with E-state index in [9.17, 15) is 14.4 Å². The maximum Gasteiger partial charge on any atom is 0.344 e. The Morgan fingerprint density at radius 3 is 2.72 bits per heavy atom. The number of nitrogens with zero attached hydrogens (tertiary/aromatic N) is 2. The monoisotopic (exact) mass is 434 g/mol. The summed E-state index contributed by atoms with van der Waals surface area (Å²) in [6.45, 7) is 1.04. The summed E-state index contributed by atoms with van der Waals surface area (Å²) in [7, 11) is 0. The zero-order valence-corrected chi connectivity index (χ0v) is 17.5. The number of amides is 2. The second-order valence-electron chi connectivity index (χ2n) is 7.28. The highest BCUT2D eigenvalue weighted by atomic mass is 16.6. The van der Waals surface area contributed by atoms with E-state index in [-0.39, 0.29) is 12.5 Å². The van der Waals surface area contributed by atoms with Gasteiger partial charge in [0.05, 0.1) is 11.4 Å². The molecular formula is C23H22N4O5. The lowest BCUT2D eigenvalue weighted by Crippen LogP contribution is -2.24. The molecule has 1 aliphatic rings. The summed E-state index contributed by atoms with van der Waals surface area (Å²) in [6, 6.07) is 16.3. The molecule has 0 unspecified atom stereocenters. The van der Waals surface area contributed by atoms with Gasteiger partial charge in [-0.2, -0.15) is 5.10 Å². The highest BCUT2D eigenvalue weighted by Crippen LogP contribution is 2.26. The molecule has 164 valence electrons. The Hall–Kier alpha value is -4.14. The van der Waals surface area contributed by atoms with Gasteiger partial charge in [-0.25, -0.2) is 9.48 Å². The van der Waals surface area contributed by atoms with Crippen LogP contribution in [0.2, 0.25) is 0 Å². The summed E-state index contributed by atoms with van der Waals surface area (Å²) in [5, 5.41) is 9.87. The van der Waals surface area contributed by atoms with E-state index in [1.165, 1.54) is 0 Å². The molecule has 0 atom stereocenters. The number of anilines is 2. The van der Waals surface area contributed by atoms with Gasteiger partial charge in [0.1, 0.15) is 11.6 Å². The van der Waals surface area contributed by atoms with E-state index in [2.05, 4.69) is 15.7 Å². The molecule has 1 aromatic heterocycles. The van der Waals surface area contributed by atoms with Gasteiger partial charge in [0.2, 0.25) is 5.91 Å². The van der Waals surface area contributed by atoms with Gasteiger partial charge in [-0.15, -0.1) is 0 Å². The molecular weight excluding hydrogens is 412 g/mol. The first-order valence-electron chi connectivity index (χ1n) is 10.1. The standard InChI is InChI=1S/C23H22N4O5/c1-15-11-20(27(26-15)17-5-3-2-4-6-17)25-22(29)13-32-23(30)14-31-18-8-9-19-16(12-18)7-10-21(28)24-19/h2-6,8-9,11-12H,7,10,13-14H2,1H3,(H,24,28)(H,25,29). The van der Waals surface area contributed by atoms with Crippen LogP contribution in [0.3, 0.4) is 0 Å². The topological polar surface area (TPSA) is 112 Å². The Balaban J connectivity index is 1.27. The van der Waals surface area contributed by atoms with E-state index in [4.69, 9.17) is 9.47 Å². The van der Waals surface area contributed by atoms with Gasteiger partial charge in [-0.1, -0.05) is 18.2 Å². The van der Waals surface area contributed by atoms with Crippen LogP contribution in [0, 0.1) is 6.92 Å². The summed E-state index contributed by atoms with van der Waals surface area (Å²) in [4.78, 5) is 35.7. The maximum absolute atomic E-state index is 12.3. The van der Waals surface area contributed by atoms with Crippen molar-refractivity contribution in [1.29, 1.82) is 0 Å². The number of carbonyl (C=O) groups excluding carboxylic acids is 3. The summed E-state index contributed by atoms with van der Waals surface area (Å²) >= 11 is 0. The highest BCUT2D eigenvalue weighted by molar-refractivity contribution is 5.94. The zero-order chi connectivity index (χ0) is 22.5. The summed E-state index contributed by atoms with van der Waals surface area (Å²) in [5.74, 6) is -0.204. The average Bonchev–Trinajstić information content (AvgIpc) is 3.16. The number of fused-ring (bicyclic) bond motifs is 1. The lowest BCUT2D eigenvalue weighted by molar-refractivity contribution is -0.149. The molecule has 0 bridgehead atoms. The Morgan fingerprint density at radius 1 is 1.09 bits per heavy atom. The molecule has 1 aliphatic heterocycles. The Morgan fingerprint density at radius 2 is 1.91 bits per heavy atom. The van der Waals surface area contributed by atoms with Crippen LogP contribution in [0.25, 0.3) is 5.69 Å². The third-order valence-electron chi connectivity index (χ3n) is 4.79. The lowest BCUT2D eigenvalue weighted by Gasteiger charge is -2.17. The van der Waals surface area contributed by atoms with Gasteiger partial charge in [-0.05, 0) is 49.2 Å². The smallest absolute Gasteiger partial charge is 0.344 e. The van der Waals surface area contributed by atoms with Crippen LogP contribution in [-0.4, -0.2) is 40.8 Å². The van der Waals surface area contributed by atoms with E-state index >= 15 is 0 Å². The Kier molecular flexibility index (Phi) is 6.16. The normalized spacial score (nSPS) is 12.5. The predicted octanol–water partition coefficient (Wildman–Crippen LogP) is 2.63. The van der Waals surface area contributed by atoms with Crippen LogP contribution in [0.5, 0.6) is 5.75 Å². The maximum atomic E-state index is 12.3. The van der Waals surface area contributed by atoms with E-state index in [1.807, 2.05) is 37.3 Å². The van der Waals surface area contributed by atoms with Gasteiger partial charge in [0.15, 0.2) is 13.2 Å². The van der Waals surface area contributed by atoms with Gasteiger partial charge in [0, 0.05) is 18.2 Å². The van der Waals surface area contributed by atoms with Crippen molar-refractivity contribution >= 4 is 29.3 Å². The molecule has 2 heterocycles. The third kappa shape index (κ3) is 5.12. The Labute approximate surface area is 184 Å². The van der Waals surface area contributed by atoms with Crippen molar-refractivity contribution in [3.8, 4) is 11.4 Å². The van der Waals surface area contributed by atoms with Crippen molar-refractivity contribution in [1.82, 2.24) is 9.78 Å². The molecule has 3 aromatic rings. The molecule has 2 amide bonds. The number of carbonyl (C=O) groups is 3. The van der Waals surface area contributed by atoms with Crippen molar-refractivity contribution in [2.45, 2.75) is 19.8 Å². The van der Waals surface area contributed by atoms with Crippen molar-refractivity contribution < 1.29 is 23.9 Å². The molecule has 0 saturated heterocycles. The molecule has 0 radical (unpaired) electrons. The van der Waals surface area contributed by atoms with Gasteiger partial charge >= 0.3 is 5.97 Å². The minimum Gasteiger partial charge on any atom is -0.482 e. The number of aryl methyl sites for hydroxylation is 2. The molecule has 0 aliphatic carbocycles. The number of aromatic nitrogens is 2. The van der Waals surface area contributed by atoms with Crippen molar-refractivity contribution in [2.75, 3.05) is 23.8 Å². The van der Waals surface area contributed by atoms with E-state index in [0.29, 0.717) is 24.4 Å². The van der Waals surface area contributed by atoms with Crippen LogP contribution in [-0.2, 0) is 25.5 Å². The van der Waals surface area contributed by atoms with Crippen molar-refractivity contribution in [3.63, 3.8) is 0 Å². The minimum absolute atomic E-state index is 0.0185. The highest BCUT2D eigenvalue weighted by Gasteiger charge is 2.16. The minimum atomic E-state index is -0.668. The first-order valence-corrected chi connectivity index (χ1v) is 10.1. The number of esters is 1. The fraction of sp³-hybridized carbons (Fsp3) is 0.217. The summed E-state index contributed by atoms with van der Waals surface area (Å²) in [5.41, 5.74) is 3.23. The molecule has 2 N–H and O–H groups in total. The van der Waals surface area contributed by atoms with Crippen LogP contribution < -0.4 is 15.4 Å². The molecule has 0 saturated carbocycles. The number of benzene rings is 2. The molecule has 32 heavy (non-hydrogen) atoms. The second kappa shape index (κ2) is 9.34. The zero-order valence-electron chi connectivity index (χ0n) is 17.5. The Bertz CT molecular complexity index is 1160. The quantitative estimate of drug-likeness (QED) is 0.553. The average molecular weight is 434 g/mol. The molecule has 9 heteroatoms. The second-order valence-corrected chi connectivity index (χ2v) is 7.28. The fourth-order valence-corrected chi connectivity index (χ4v) is 3.31. The number of ether oxygens (including phenoxy) is 2. The number of hydrogen-bond donors (Lipinski definition) is 2. The summed E-state index contributed by atoms with van der Waals surface area (Å²) < 4.78 is 12.1. The van der Waals surface area contributed by atoms with Crippen LogP contribution in [0.15, 0.2) is 54.6 Å². The largest absolute Gasteiger partial charge is 0.482 e. The van der Waals surface area contributed by atoms with Crippen molar-refractivity contribution in [2.24, 2.45) is 0 Å². The first kappa shape index (κ1) is 21.1. The van der Waals surface area contributed by atoms with E-state index in [1.54, 1.807) is 28.9 Å². The third-order valence-corrected chi connectivity index (χ3v) is 4.79. The molecule has 2 aromatic carbocycles. The molecule has 0 spiro atoms. The van der Waals surface area contributed by atoms with E-state index in [0.717, 1.165) is 22.6 Å². The number of para-hydroxylation sites is 1. The molecule has 9 nitrogen and oxygen atoms in total. The van der Waals surface area contributed by atoms with Gasteiger partial charge in [0.25, 0.3) is 5.91 Å². The SMILES string of the molecule is Cc1cc(NC(=O)COC(=O)COc2ccc3c(c2)CCC(=O)N3)n(-c2ccccc2)n1. The number of rotatable bonds is 7. The van der Waals surface area contributed by atoms with Gasteiger partial charge < -0.3 is 20.1 Å². The lowest BCUT2D eigenvalue weighted by atomic mass is 10.0. The van der Waals surface area contributed by atoms with E-state index < -0.39 is 18.5 Å². The molecule has 0 fully saturated rings. The first-order chi connectivity index (χ1) is 15.5. The van der Waals surface area contributed by atoms with Crippen LogP contribution >= 0.6 is 0 Å². The van der Waals surface area contributed by atoms with Crippen molar-refractivity contribution in [3.05, 3.63) is 65.9 Å². The molecule has 4 rings (SSSR count).